The zero-order valence-electron chi connectivity index (χ0n) is 16.6. The van der Waals surface area contributed by atoms with Gasteiger partial charge >= 0.3 is 5.97 Å². The van der Waals surface area contributed by atoms with E-state index in [1.807, 2.05) is 38.1 Å². The number of likely N-dealkylation sites (N-methyl/N-ethyl adjacent to an activating group) is 2. The smallest absolute Gasteiger partial charge is 0.319 e. The molecule has 0 atom stereocenters. The number of nitrogens with two attached hydrogens (primary N) is 1. The predicted molar refractivity (Wildman–Crippen MR) is 103 cm³/mol. The highest BCUT2D eigenvalue weighted by molar-refractivity contribution is 5.71. The van der Waals surface area contributed by atoms with Gasteiger partial charge in [0.2, 0.25) is 0 Å². The largest absolute Gasteiger partial charge is 0.508 e. The van der Waals surface area contributed by atoms with Crippen LogP contribution in [0.25, 0.3) is 0 Å². The molecule has 0 saturated heterocycles. The van der Waals surface area contributed by atoms with Crippen LogP contribution < -0.4 is 5.73 Å². The summed E-state index contributed by atoms with van der Waals surface area (Å²) in [5, 5.41) is 8.76. The molecule has 7 heteroatoms. The second-order valence-electron chi connectivity index (χ2n) is 6.29. The van der Waals surface area contributed by atoms with Crippen LogP contribution in [-0.2, 0) is 14.3 Å². The highest BCUT2D eigenvalue weighted by Crippen LogP contribution is 2.38. The first-order chi connectivity index (χ1) is 12.3. The lowest BCUT2D eigenvalue weighted by Gasteiger charge is -2.25. The molecule has 0 bridgehead atoms. The lowest BCUT2D eigenvalue weighted by atomic mass is 10.2. The average Bonchev–Trinajstić information content (AvgIpc) is 3.45. The minimum Gasteiger partial charge on any atom is -0.508 e. The van der Waals surface area contributed by atoms with Crippen LogP contribution in [-0.4, -0.2) is 80.6 Å². The number of methoxy groups -OCH3 is 1. The van der Waals surface area contributed by atoms with E-state index in [9.17, 15) is 9.59 Å². The van der Waals surface area contributed by atoms with Crippen molar-refractivity contribution in [2.24, 2.45) is 5.73 Å². The number of benzene rings is 1. The molecule has 0 aliphatic heterocycles. The normalized spacial score (nSPS) is 13.8. The van der Waals surface area contributed by atoms with Crippen molar-refractivity contribution in [2.45, 2.75) is 25.3 Å². The molecule has 1 saturated carbocycles. The number of carbonyl (C=O) groups excluding carboxylic acids is 2. The van der Waals surface area contributed by atoms with Gasteiger partial charge in [0.25, 0.3) is 0 Å². The number of ether oxygens (including phenoxy) is 1. The molecular weight excluding hydrogens is 334 g/mol. The Balaban J connectivity index is 0.000000522. The second-order valence-corrected chi connectivity index (χ2v) is 6.29. The SMILES string of the molecule is CN.COC(=O)CN(C)CCN(C)C1(C=O)CC1.Cc1ccc(O)cc1. The maximum absolute atomic E-state index is 11.0. The summed E-state index contributed by atoms with van der Waals surface area (Å²) in [6.07, 6.45) is 2.94. The predicted octanol–water partition coefficient (Wildman–Crippen LogP) is 1.03. The molecule has 7 nitrogen and oxygen atoms in total. The molecule has 0 spiro atoms. The van der Waals surface area contributed by atoms with Gasteiger partial charge in [0.15, 0.2) is 0 Å². The van der Waals surface area contributed by atoms with Crippen LogP contribution >= 0.6 is 0 Å². The van der Waals surface area contributed by atoms with E-state index in [0.717, 1.165) is 32.2 Å². The first-order valence-corrected chi connectivity index (χ1v) is 8.59. The number of nitrogens with zero attached hydrogens (tertiary/aromatic N) is 2. The number of carbonyl (C=O) groups is 2. The first kappa shape index (κ1) is 24.0. The van der Waals surface area contributed by atoms with Crippen molar-refractivity contribution in [3.63, 3.8) is 0 Å². The molecule has 0 aromatic heterocycles. The third-order valence-electron chi connectivity index (χ3n) is 4.22. The van der Waals surface area contributed by atoms with Gasteiger partial charge in [-0.25, -0.2) is 0 Å². The van der Waals surface area contributed by atoms with Gasteiger partial charge in [-0.2, -0.15) is 0 Å². The molecule has 0 heterocycles. The summed E-state index contributed by atoms with van der Waals surface area (Å²) in [4.78, 5) is 25.8. The molecule has 0 radical (unpaired) electrons. The lowest BCUT2D eigenvalue weighted by Crippen LogP contribution is -2.41. The van der Waals surface area contributed by atoms with Crippen molar-refractivity contribution < 1.29 is 19.4 Å². The quantitative estimate of drug-likeness (QED) is 0.549. The van der Waals surface area contributed by atoms with Crippen molar-refractivity contribution in [3.8, 4) is 5.75 Å². The molecule has 1 aliphatic carbocycles. The van der Waals surface area contributed by atoms with Crippen molar-refractivity contribution in [1.29, 1.82) is 0 Å². The minimum absolute atomic E-state index is 0.216. The van der Waals surface area contributed by atoms with Gasteiger partial charge in [-0.3, -0.25) is 14.6 Å². The number of hydrogen-bond donors (Lipinski definition) is 2. The number of hydrogen-bond acceptors (Lipinski definition) is 7. The molecule has 1 aromatic carbocycles. The molecule has 1 fully saturated rings. The van der Waals surface area contributed by atoms with E-state index < -0.39 is 0 Å². The molecule has 0 amide bonds. The van der Waals surface area contributed by atoms with Gasteiger partial charge in [0, 0.05) is 13.1 Å². The van der Waals surface area contributed by atoms with Crippen LogP contribution in [0.1, 0.15) is 18.4 Å². The van der Waals surface area contributed by atoms with E-state index in [0.29, 0.717) is 12.3 Å². The molecule has 1 aromatic rings. The summed E-state index contributed by atoms with van der Waals surface area (Å²) in [7, 11) is 6.70. The fraction of sp³-hybridized carbons (Fsp3) is 0.579. The Morgan fingerprint density at radius 1 is 1.23 bits per heavy atom. The van der Waals surface area contributed by atoms with E-state index >= 15 is 0 Å². The number of aryl methyl sites for hydroxylation is 1. The Labute approximate surface area is 156 Å². The molecule has 26 heavy (non-hydrogen) atoms. The van der Waals surface area contributed by atoms with Gasteiger partial charge in [-0.15, -0.1) is 0 Å². The Kier molecular flexibility index (Phi) is 11.5. The Morgan fingerprint density at radius 3 is 2.15 bits per heavy atom. The Morgan fingerprint density at radius 2 is 1.77 bits per heavy atom. The second kappa shape index (κ2) is 12.4. The van der Waals surface area contributed by atoms with Gasteiger partial charge in [0.1, 0.15) is 12.0 Å². The number of aldehydes is 1. The number of esters is 1. The van der Waals surface area contributed by atoms with Crippen LogP contribution in [0, 0.1) is 6.92 Å². The molecule has 148 valence electrons. The van der Waals surface area contributed by atoms with Crippen LogP contribution in [0.3, 0.4) is 0 Å². The summed E-state index contributed by atoms with van der Waals surface area (Å²) in [5.74, 6) is 0.0947. The maximum Gasteiger partial charge on any atom is 0.319 e. The fourth-order valence-corrected chi connectivity index (χ4v) is 2.17. The van der Waals surface area contributed by atoms with Crippen LogP contribution in [0.2, 0.25) is 0 Å². The van der Waals surface area contributed by atoms with Crippen molar-refractivity contribution >= 4 is 12.3 Å². The van der Waals surface area contributed by atoms with E-state index in [4.69, 9.17) is 5.11 Å². The van der Waals surface area contributed by atoms with Gasteiger partial charge < -0.3 is 20.4 Å². The topological polar surface area (TPSA) is 96.1 Å². The number of aromatic hydroxyl groups is 1. The molecule has 2 rings (SSSR count). The van der Waals surface area contributed by atoms with Crippen molar-refractivity contribution in [2.75, 3.05) is 47.9 Å². The summed E-state index contributed by atoms with van der Waals surface area (Å²) in [5.41, 5.74) is 5.45. The van der Waals surface area contributed by atoms with Crippen LogP contribution in [0.5, 0.6) is 5.75 Å². The summed E-state index contributed by atoms with van der Waals surface area (Å²) in [6, 6.07) is 7.09. The highest BCUT2D eigenvalue weighted by atomic mass is 16.5. The highest BCUT2D eigenvalue weighted by Gasteiger charge is 2.46. The first-order valence-electron chi connectivity index (χ1n) is 8.59. The standard InChI is InChI=1S/C11H20N2O3.C7H8O.CH5N/c1-12(8-10(15)16-3)6-7-13(2)11(9-14)4-5-11;1-6-2-4-7(8)5-3-6;1-2/h9H,4-8H2,1-3H3;2-5,8H,1H3;2H2,1H3. The van der Waals surface area contributed by atoms with Gasteiger partial charge in [-0.05, 0) is 53.0 Å². The minimum atomic E-state index is -0.235. The monoisotopic (exact) mass is 367 g/mol. The van der Waals surface area contributed by atoms with Crippen molar-refractivity contribution in [1.82, 2.24) is 9.80 Å². The Bertz CT molecular complexity index is 509. The van der Waals surface area contributed by atoms with E-state index in [1.54, 1.807) is 12.1 Å². The maximum atomic E-state index is 11.0. The summed E-state index contributed by atoms with van der Waals surface area (Å²) in [6.45, 7) is 3.81. The molecule has 3 N–H and O–H groups in total. The summed E-state index contributed by atoms with van der Waals surface area (Å²) < 4.78 is 4.58. The zero-order valence-corrected chi connectivity index (χ0v) is 16.6. The van der Waals surface area contributed by atoms with Crippen LogP contribution in [0.15, 0.2) is 24.3 Å². The van der Waals surface area contributed by atoms with E-state index in [1.165, 1.54) is 19.7 Å². The molecular formula is C19H33N3O4. The summed E-state index contributed by atoms with van der Waals surface area (Å²) >= 11 is 0. The Hall–Kier alpha value is -1.96. The van der Waals surface area contributed by atoms with Crippen molar-refractivity contribution in [3.05, 3.63) is 29.8 Å². The average molecular weight is 367 g/mol. The van der Waals surface area contributed by atoms with Crippen LogP contribution in [0.4, 0.5) is 0 Å². The number of phenols is 1. The van der Waals surface area contributed by atoms with Gasteiger partial charge in [-0.1, -0.05) is 17.7 Å². The van der Waals surface area contributed by atoms with Gasteiger partial charge in [0.05, 0.1) is 19.2 Å². The molecule has 0 unspecified atom stereocenters. The fourth-order valence-electron chi connectivity index (χ4n) is 2.17. The zero-order chi connectivity index (χ0) is 20.2. The lowest BCUT2D eigenvalue weighted by molar-refractivity contribution is -0.141. The number of phenolic OH excluding ortho intramolecular Hbond substituents is 1. The van der Waals surface area contributed by atoms with E-state index in [2.05, 4.69) is 15.4 Å². The molecule has 1 aliphatic rings. The number of rotatable bonds is 7. The third-order valence-corrected chi connectivity index (χ3v) is 4.22. The van der Waals surface area contributed by atoms with E-state index in [-0.39, 0.29) is 11.5 Å². The third kappa shape index (κ3) is 8.94.